The smallest absolute Gasteiger partial charge is 0.287 e. The highest BCUT2D eigenvalue weighted by Gasteiger charge is 2.35. The van der Waals surface area contributed by atoms with Gasteiger partial charge in [-0.1, -0.05) is 13.8 Å². The molecule has 0 spiro atoms. The van der Waals surface area contributed by atoms with Crippen LogP contribution in [0.1, 0.15) is 61.0 Å². The van der Waals surface area contributed by atoms with Crippen molar-refractivity contribution in [2.45, 2.75) is 51.7 Å². The molecule has 0 unspecified atom stereocenters. The fourth-order valence-electron chi connectivity index (χ4n) is 4.02. The summed E-state index contributed by atoms with van der Waals surface area (Å²) in [5.74, 6) is 0.807. The van der Waals surface area contributed by atoms with Crippen molar-refractivity contribution in [3.63, 3.8) is 0 Å². The van der Waals surface area contributed by atoms with Crippen LogP contribution in [-0.4, -0.2) is 40.2 Å². The van der Waals surface area contributed by atoms with Gasteiger partial charge in [-0.05, 0) is 43.2 Å². The predicted molar refractivity (Wildman–Crippen MR) is 101 cm³/mol. The summed E-state index contributed by atoms with van der Waals surface area (Å²) in [7, 11) is 0. The zero-order valence-corrected chi connectivity index (χ0v) is 15.8. The molecule has 7 heteroatoms. The molecule has 0 saturated carbocycles. The van der Waals surface area contributed by atoms with Gasteiger partial charge in [0.15, 0.2) is 5.76 Å². The van der Waals surface area contributed by atoms with E-state index in [1.54, 1.807) is 12.1 Å². The number of fused-ring (bicyclic) bond motifs is 1. The molecule has 1 atom stereocenters. The molecule has 1 amide bonds. The van der Waals surface area contributed by atoms with E-state index in [0.717, 1.165) is 56.0 Å². The number of anilines is 1. The minimum atomic E-state index is -0.223. The number of aliphatic hydroxyl groups is 1. The maximum atomic E-state index is 12.5. The third-order valence-electron chi connectivity index (χ3n) is 5.46. The topological polar surface area (TPSA) is 91.5 Å². The number of aromatic nitrogens is 2. The van der Waals surface area contributed by atoms with Crippen LogP contribution in [0.5, 0.6) is 0 Å². The summed E-state index contributed by atoms with van der Waals surface area (Å²) in [6.45, 7) is 5.92. The number of piperidine rings is 1. The van der Waals surface area contributed by atoms with Gasteiger partial charge in [0.1, 0.15) is 0 Å². The van der Waals surface area contributed by atoms with E-state index in [0.29, 0.717) is 5.76 Å². The molecular formula is C20H26N4O3. The van der Waals surface area contributed by atoms with Crippen LogP contribution < -0.4 is 10.2 Å². The number of aliphatic hydroxyl groups excluding tert-OH is 1. The lowest BCUT2D eigenvalue weighted by Gasteiger charge is -2.37. The van der Waals surface area contributed by atoms with E-state index in [1.165, 1.54) is 6.26 Å². The molecule has 0 bridgehead atoms. The second-order valence-electron chi connectivity index (χ2n) is 8.34. The van der Waals surface area contributed by atoms with Crippen LogP contribution in [0, 0.1) is 5.41 Å². The van der Waals surface area contributed by atoms with Crippen molar-refractivity contribution in [2.24, 2.45) is 5.41 Å². The van der Waals surface area contributed by atoms with Gasteiger partial charge < -0.3 is 19.7 Å². The summed E-state index contributed by atoms with van der Waals surface area (Å²) in [5.41, 5.74) is 2.00. The maximum absolute atomic E-state index is 12.5. The van der Waals surface area contributed by atoms with Gasteiger partial charge in [0.2, 0.25) is 5.95 Å². The van der Waals surface area contributed by atoms with Gasteiger partial charge in [-0.2, -0.15) is 0 Å². The van der Waals surface area contributed by atoms with Crippen molar-refractivity contribution in [2.75, 3.05) is 18.0 Å². The normalized spacial score (nSPS) is 22.3. The standard InChI is InChI=1S/C20H26N4O3/c1-20(2)10-15(22-18(26)17-4-3-9-27-17)14-12-21-19(23-16(14)11-20)24-7-5-13(25)6-8-24/h3-4,9,12-13,15,25H,5-8,10-11H2,1-2H3,(H,22,26)/t15-/m0/s1. The Hall–Kier alpha value is -2.41. The number of nitrogens with one attached hydrogen (secondary N) is 1. The summed E-state index contributed by atoms with van der Waals surface area (Å²) < 4.78 is 5.21. The van der Waals surface area contributed by atoms with Crippen LogP contribution in [0.25, 0.3) is 0 Å². The first-order chi connectivity index (χ1) is 12.9. The molecular weight excluding hydrogens is 344 g/mol. The van der Waals surface area contributed by atoms with E-state index >= 15 is 0 Å². The lowest BCUT2D eigenvalue weighted by atomic mass is 9.74. The van der Waals surface area contributed by atoms with Crippen molar-refractivity contribution in [3.8, 4) is 0 Å². The van der Waals surface area contributed by atoms with E-state index in [1.807, 2.05) is 6.20 Å². The van der Waals surface area contributed by atoms with Crippen molar-refractivity contribution in [3.05, 3.63) is 41.6 Å². The van der Waals surface area contributed by atoms with Crippen LogP contribution in [0.2, 0.25) is 0 Å². The van der Waals surface area contributed by atoms with Gasteiger partial charge in [-0.25, -0.2) is 9.97 Å². The van der Waals surface area contributed by atoms with Crippen molar-refractivity contribution < 1.29 is 14.3 Å². The molecule has 2 N–H and O–H groups in total. The number of amides is 1. The first kappa shape index (κ1) is 18.0. The molecule has 3 heterocycles. The zero-order chi connectivity index (χ0) is 19.0. The Bertz CT molecular complexity index is 811. The van der Waals surface area contributed by atoms with E-state index < -0.39 is 0 Å². The molecule has 1 fully saturated rings. The molecule has 1 aliphatic carbocycles. The monoisotopic (exact) mass is 370 g/mol. The molecule has 2 aromatic rings. The molecule has 1 saturated heterocycles. The quantitative estimate of drug-likeness (QED) is 0.862. The average Bonchev–Trinajstić information content (AvgIpc) is 3.15. The molecule has 1 aliphatic heterocycles. The summed E-state index contributed by atoms with van der Waals surface area (Å²) in [5, 5.41) is 12.8. The number of carbonyl (C=O) groups is 1. The van der Waals surface area contributed by atoms with Gasteiger partial charge in [-0.3, -0.25) is 4.79 Å². The van der Waals surface area contributed by atoms with E-state index in [2.05, 4.69) is 29.0 Å². The molecule has 0 radical (unpaired) electrons. The molecule has 144 valence electrons. The fourth-order valence-corrected chi connectivity index (χ4v) is 4.02. The van der Waals surface area contributed by atoms with E-state index in [4.69, 9.17) is 9.40 Å². The largest absolute Gasteiger partial charge is 0.459 e. The van der Waals surface area contributed by atoms with Crippen molar-refractivity contribution >= 4 is 11.9 Å². The number of carbonyl (C=O) groups excluding carboxylic acids is 1. The molecule has 2 aliphatic rings. The first-order valence-corrected chi connectivity index (χ1v) is 9.54. The molecule has 27 heavy (non-hydrogen) atoms. The Balaban J connectivity index is 1.58. The van der Waals surface area contributed by atoms with Crippen LogP contribution in [0.4, 0.5) is 5.95 Å². The summed E-state index contributed by atoms with van der Waals surface area (Å²) in [6, 6.07) is 3.23. The van der Waals surface area contributed by atoms with E-state index in [-0.39, 0.29) is 23.5 Å². The minimum Gasteiger partial charge on any atom is -0.459 e. The van der Waals surface area contributed by atoms with Gasteiger partial charge in [0, 0.05) is 24.8 Å². The Morgan fingerprint density at radius 3 is 2.85 bits per heavy atom. The number of hydrogen-bond donors (Lipinski definition) is 2. The molecule has 0 aromatic carbocycles. The highest BCUT2D eigenvalue weighted by Crippen LogP contribution is 2.40. The third-order valence-corrected chi connectivity index (χ3v) is 5.46. The lowest BCUT2D eigenvalue weighted by Crippen LogP contribution is -2.39. The fraction of sp³-hybridized carbons (Fsp3) is 0.550. The van der Waals surface area contributed by atoms with Crippen molar-refractivity contribution in [1.82, 2.24) is 15.3 Å². The highest BCUT2D eigenvalue weighted by molar-refractivity contribution is 5.91. The second-order valence-corrected chi connectivity index (χ2v) is 8.34. The molecule has 4 rings (SSSR count). The van der Waals surface area contributed by atoms with Crippen LogP contribution >= 0.6 is 0 Å². The third kappa shape index (κ3) is 3.83. The van der Waals surface area contributed by atoms with Crippen LogP contribution in [0.15, 0.2) is 29.0 Å². The number of rotatable bonds is 3. The Labute approximate surface area is 158 Å². The second kappa shape index (κ2) is 6.96. The van der Waals surface area contributed by atoms with Gasteiger partial charge in [0.05, 0.1) is 24.1 Å². The predicted octanol–water partition coefficient (Wildman–Crippen LogP) is 2.47. The highest BCUT2D eigenvalue weighted by atomic mass is 16.3. The average molecular weight is 370 g/mol. The molecule has 2 aromatic heterocycles. The van der Waals surface area contributed by atoms with E-state index in [9.17, 15) is 9.90 Å². The zero-order valence-electron chi connectivity index (χ0n) is 15.8. The Morgan fingerprint density at radius 2 is 2.15 bits per heavy atom. The summed E-state index contributed by atoms with van der Waals surface area (Å²) in [4.78, 5) is 24.0. The Kier molecular flexibility index (Phi) is 4.63. The molecule has 7 nitrogen and oxygen atoms in total. The number of nitrogens with zero attached hydrogens (tertiary/aromatic N) is 3. The number of furan rings is 1. The number of hydrogen-bond acceptors (Lipinski definition) is 6. The summed E-state index contributed by atoms with van der Waals surface area (Å²) >= 11 is 0. The van der Waals surface area contributed by atoms with Crippen LogP contribution in [0.3, 0.4) is 0 Å². The summed E-state index contributed by atoms with van der Waals surface area (Å²) in [6.07, 6.45) is 6.29. The van der Waals surface area contributed by atoms with Crippen LogP contribution in [-0.2, 0) is 6.42 Å². The lowest BCUT2D eigenvalue weighted by molar-refractivity contribution is 0.0890. The minimum absolute atomic E-state index is 0.0256. The Morgan fingerprint density at radius 1 is 1.37 bits per heavy atom. The van der Waals surface area contributed by atoms with Crippen molar-refractivity contribution in [1.29, 1.82) is 0 Å². The van der Waals surface area contributed by atoms with Gasteiger partial charge in [-0.15, -0.1) is 0 Å². The SMILES string of the molecule is CC1(C)Cc2nc(N3CCC(O)CC3)ncc2[C@@H](NC(=O)c2ccco2)C1. The van der Waals surface area contributed by atoms with Gasteiger partial charge >= 0.3 is 0 Å². The first-order valence-electron chi connectivity index (χ1n) is 9.54. The van der Waals surface area contributed by atoms with Gasteiger partial charge in [0.25, 0.3) is 5.91 Å². The maximum Gasteiger partial charge on any atom is 0.287 e.